The molecule has 1 aromatic rings. The maximum Gasteiger partial charge on any atom is 0.0426 e. The molecule has 1 nitrogen and oxygen atoms in total. The topological polar surface area (TPSA) is 12.0 Å². The van der Waals surface area contributed by atoms with Gasteiger partial charge in [-0.2, -0.15) is 0 Å². The van der Waals surface area contributed by atoms with Gasteiger partial charge in [0.05, 0.1) is 0 Å². The molecule has 0 aliphatic heterocycles. The Labute approximate surface area is 116 Å². The Balaban J connectivity index is 2.11. The molecule has 1 saturated carbocycles. The smallest absolute Gasteiger partial charge is 0.0426 e. The van der Waals surface area contributed by atoms with E-state index in [0.29, 0.717) is 11.5 Å². The van der Waals surface area contributed by atoms with Crippen LogP contribution >= 0.6 is 11.6 Å². The van der Waals surface area contributed by atoms with Crippen LogP contribution in [0, 0.1) is 18.3 Å². The largest absolute Gasteiger partial charge is 0.382 e. The minimum atomic E-state index is 0.446. The molecule has 2 atom stereocenters. The van der Waals surface area contributed by atoms with E-state index in [4.69, 9.17) is 11.6 Å². The van der Waals surface area contributed by atoms with Gasteiger partial charge in [0.2, 0.25) is 0 Å². The Morgan fingerprint density at radius 1 is 1.28 bits per heavy atom. The molecule has 100 valence electrons. The van der Waals surface area contributed by atoms with Crippen LogP contribution in [-0.2, 0) is 0 Å². The number of benzene rings is 1. The highest BCUT2D eigenvalue weighted by Crippen LogP contribution is 2.39. The molecule has 2 rings (SSSR count). The zero-order valence-corrected chi connectivity index (χ0v) is 12.6. The highest BCUT2D eigenvalue weighted by atomic mass is 35.5. The number of aryl methyl sites for hydroxylation is 1. The number of rotatable bonds is 2. The fraction of sp³-hybridized carbons (Fsp3) is 0.625. The van der Waals surface area contributed by atoms with E-state index < -0.39 is 0 Å². The standard InChI is InChI=1S/C16H24ClN/c1-11-7-14(10-16(3,4)9-11)18-15-8-13(17)6-5-12(15)2/h5-6,8,11,14,18H,7,9-10H2,1-4H3. The van der Waals surface area contributed by atoms with Crippen LogP contribution < -0.4 is 5.32 Å². The molecule has 1 N–H and O–H groups in total. The van der Waals surface area contributed by atoms with Crippen LogP contribution in [0.2, 0.25) is 5.02 Å². The van der Waals surface area contributed by atoms with Gasteiger partial charge in [-0.05, 0) is 55.2 Å². The first-order valence-electron chi connectivity index (χ1n) is 6.88. The van der Waals surface area contributed by atoms with Gasteiger partial charge in [-0.25, -0.2) is 0 Å². The van der Waals surface area contributed by atoms with Crippen molar-refractivity contribution in [1.29, 1.82) is 0 Å². The minimum Gasteiger partial charge on any atom is -0.382 e. The summed E-state index contributed by atoms with van der Waals surface area (Å²) in [6.45, 7) is 9.25. The lowest BCUT2D eigenvalue weighted by Crippen LogP contribution is -2.35. The van der Waals surface area contributed by atoms with Crippen molar-refractivity contribution < 1.29 is 0 Å². The van der Waals surface area contributed by atoms with Crippen molar-refractivity contribution in [1.82, 2.24) is 0 Å². The molecule has 0 aromatic heterocycles. The molecule has 0 heterocycles. The van der Waals surface area contributed by atoms with Crippen LogP contribution in [0.4, 0.5) is 5.69 Å². The predicted molar refractivity (Wildman–Crippen MR) is 80.4 cm³/mol. The van der Waals surface area contributed by atoms with Crippen molar-refractivity contribution in [3.05, 3.63) is 28.8 Å². The second kappa shape index (κ2) is 5.13. The molecule has 0 saturated heterocycles. The van der Waals surface area contributed by atoms with Gasteiger partial charge in [-0.15, -0.1) is 0 Å². The van der Waals surface area contributed by atoms with Gasteiger partial charge in [0.1, 0.15) is 0 Å². The Morgan fingerprint density at radius 3 is 2.67 bits per heavy atom. The van der Waals surface area contributed by atoms with Crippen molar-refractivity contribution in [2.45, 2.75) is 53.0 Å². The van der Waals surface area contributed by atoms with Crippen LogP contribution in [0.15, 0.2) is 18.2 Å². The molecular formula is C16H24ClN. The Morgan fingerprint density at radius 2 is 2.00 bits per heavy atom. The summed E-state index contributed by atoms with van der Waals surface area (Å²) in [5.74, 6) is 0.797. The summed E-state index contributed by atoms with van der Waals surface area (Å²) in [5.41, 5.74) is 2.91. The molecule has 2 unspecified atom stereocenters. The number of hydrogen-bond acceptors (Lipinski definition) is 1. The van der Waals surface area contributed by atoms with Crippen LogP contribution in [0.1, 0.15) is 45.6 Å². The first kappa shape index (κ1) is 13.7. The molecule has 0 spiro atoms. The van der Waals surface area contributed by atoms with E-state index in [-0.39, 0.29) is 0 Å². The molecule has 0 bridgehead atoms. The van der Waals surface area contributed by atoms with E-state index in [9.17, 15) is 0 Å². The fourth-order valence-corrected chi connectivity index (χ4v) is 3.60. The van der Waals surface area contributed by atoms with Crippen molar-refractivity contribution in [2.24, 2.45) is 11.3 Å². The summed E-state index contributed by atoms with van der Waals surface area (Å²) in [5, 5.41) is 4.50. The monoisotopic (exact) mass is 265 g/mol. The van der Waals surface area contributed by atoms with Crippen molar-refractivity contribution in [2.75, 3.05) is 5.32 Å². The van der Waals surface area contributed by atoms with Gasteiger partial charge >= 0.3 is 0 Å². The van der Waals surface area contributed by atoms with Gasteiger partial charge < -0.3 is 5.32 Å². The zero-order valence-electron chi connectivity index (χ0n) is 11.9. The van der Waals surface area contributed by atoms with Crippen molar-refractivity contribution in [3.63, 3.8) is 0 Å². The lowest BCUT2D eigenvalue weighted by molar-refractivity contribution is 0.178. The lowest BCUT2D eigenvalue weighted by atomic mass is 9.70. The number of nitrogens with one attached hydrogen (secondary N) is 1. The molecule has 2 heteroatoms. The van der Waals surface area contributed by atoms with E-state index in [0.717, 1.165) is 10.9 Å². The molecule has 1 fully saturated rings. The molecule has 0 radical (unpaired) electrons. The molecule has 18 heavy (non-hydrogen) atoms. The van der Waals surface area contributed by atoms with E-state index in [1.165, 1.54) is 30.5 Å². The number of hydrogen-bond donors (Lipinski definition) is 1. The quantitative estimate of drug-likeness (QED) is 0.768. The van der Waals surface area contributed by atoms with Crippen LogP contribution in [0.5, 0.6) is 0 Å². The van der Waals surface area contributed by atoms with E-state index in [1.807, 2.05) is 12.1 Å². The summed E-state index contributed by atoms with van der Waals surface area (Å²) in [4.78, 5) is 0. The second-order valence-corrected chi connectivity index (χ2v) is 7.15. The molecule has 1 aliphatic carbocycles. The SMILES string of the molecule is Cc1ccc(Cl)cc1NC1CC(C)CC(C)(C)C1. The normalized spacial score (nSPS) is 26.9. The van der Waals surface area contributed by atoms with Gasteiger partial charge in [-0.1, -0.05) is 38.4 Å². The fourth-order valence-electron chi connectivity index (χ4n) is 3.43. The summed E-state index contributed by atoms with van der Waals surface area (Å²) in [6, 6.07) is 6.65. The number of anilines is 1. The second-order valence-electron chi connectivity index (χ2n) is 6.71. The highest BCUT2D eigenvalue weighted by Gasteiger charge is 2.31. The van der Waals surface area contributed by atoms with Gasteiger partial charge in [0, 0.05) is 16.8 Å². The van der Waals surface area contributed by atoms with E-state index in [2.05, 4.69) is 39.1 Å². The average molecular weight is 266 g/mol. The van der Waals surface area contributed by atoms with Gasteiger partial charge in [0.25, 0.3) is 0 Å². The molecule has 0 amide bonds. The summed E-state index contributed by atoms with van der Waals surface area (Å²) in [7, 11) is 0. The molecular weight excluding hydrogens is 242 g/mol. The van der Waals surface area contributed by atoms with E-state index in [1.54, 1.807) is 0 Å². The van der Waals surface area contributed by atoms with E-state index >= 15 is 0 Å². The first-order valence-corrected chi connectivity index (χ1v) is 7.26. The third-order valence-electron chi connectivity index (χ3n) is 3.95. The van der Waals surface area contributed by atoms with Crippen LogP contribution in [0.3, 0.4) is 0 Å². The van der Waals surface area contributed by atoms with Crippen LogP contribution in [-0.4, -0.2) is 6.04 Å². The summed E-state index contributed by atoms with van der Waals surface area (Å²) in [6.07, 6.45) is 3.83. The Hall–Kier alpha value is -0.690. The lowest BCUT2D eigenvalue weighted by Gasteiger charge is -2.39. The maximum absolute atomic E-state index is 6.08. The molecule has 1 aromatic carbocycles. The number of halogens is 1. The summed E-state index contributed by atoms with van der Waals surface area (Å²) >= 11 is 6.08. The first-order chi connectivity index (χ1) is 8.35. The highest BCUT2D eigenvalue weighted by molar-refractivity contribution is 6.30. The third kappa shape index (κ3) is 3.41. The van der Waals surface area contributed by atoms with Gasteiger partial charge in [-0.3, -0.25) is 0 Å². The molecule has 1 aliphatic rings. The predicted octanol–water partition coefficient (Wildman–Crippen LogP) is 5.28. The van der Waals surface area contributed by atoms with Crippen molar-refractivity contribution >= 4 is 17.3 Å². The minimum absolute atomic E-state index is 0.446. The summed E-state index contributed by atoms with van der Waals surface area (Å²) < 4.78 is 0. The van der Waals surface area contributed by atoms with Gasteiger partial charge in [0.15, 0.2) is 0 Å². The zero-order chi connectivity index (χ0) is 13.3. The maximum atomic E-state index is 6.08. The average Bonchev–Trinajstić information content (AvgIpc) is 2.20. The Kier molecular flexibility index (Phi) is 3.91. The van der Waals surface area contributed by atoms with Crippen LogP contribution in [0.25, 0.3) is 0 Å². The Bertz CT molecular complexity index is 425. The third-order valence-corrected chi connectivity index (χ3v) is 4.18. The van der Waals surface area contributed by atoms with Crippen molar-refractivity contribution in [3.8, 4) is 0 Å².